The number of phenolic OH excluding ortho intramolecular Hbond substituents is 1. The molecule has 0 unspecified atom stereocenters. The van der Waals surface area contributed by atoms with Crippen LogP contribution in [0.1, 0.15) is 5.56 Å². The van der Waals surface area contributed by atoms with Crippen molar-refractivity contribution in [3.63, 3.8) is 0 Å². The lowest BCUT2D eigenvalue weighted by atomic mass is 10.00. The van der Waals surface area contributed by atoms with E-state index in [0.29, 0.717) is 5.75 Å². The minimum absolute atomic E-state index is 0.353. The maximum absolute atomic E-state index is 9.86. The maximum atomic E-state index is 9.86. The van der Waals surface area contributed by atoms with Crippen molar-refractivity contribution in [3.8, 4) is 5.75 Å². The van der Waals surface area contributed by atoms with Crippen molar-refractivity contribution in [1.29, 1.82) is 0 Å². The molecule has 3 aromatic carbocycles. The number of aryl methyl sites for hydroxylation is 1. The summed E-state index contributed by atoms with van der Waals surface area (Å²) in [5.74, 6) is 0.353. The molecule has 3 rings (SSSR count). The summed E-state index contributed by atoms with van der Waals surface area (Å²) < 4.78 is 0. The van der Waals surface area contributed by atoms with E-state index in [1.165, 1.54) is 10.9 Å². The minimum atomic E-state index is 0.353. The molecule has 0 radical (unpaired) electrons. The fraction of sp³-hybridized carbons (Fsp3) is 0.0667. The third-order valence-electron chi connectivity index (χ3n) is 3.08. The second-order valence-corrected chi connectivity index (χ2v) is 4.15. The number of rotatable bonds is 0. The molecule has 0 atom stereocenters. The molecule has 16 heavy (non-hydrogen) atoms. The third kappa shape index (κ3) is 1.25. The maximum Gasteiger partial charge on any atom is 0.123 e. The molecule has 0 amide bonds. The zero-order chi connectivity index (χ0) is 11.1. The number of hydrogen-bond donors (Lipinski definition) is 1. The van der Waals surface area contributed by atoms with E-state index in [1.807, 2.05) is 24.3 Å². The topological polar surface area (TPSA) is 20.2 Å². The van der Waals surface area contributed by atoms with Gasteiger partial charge in [-0.3, -0.25) is 0 Å². The van der Waals surface area contributed by atoms with E-state index in [4.69, 9.17) is 0 Å². The highest BCUT2D eigenvalue weighted by atomic mass is 16.3. The van der Waals surface area contributed by atoms with Gasteiger partial charge in [0.15, 0.2) is 0 Å². The van der Waals surface area contributed by atoms with E-state index in [-0.39, 0.29) is 0 Å². The van der Waals surface area contributed by atoms with Crippen molar-refractivity contribution < 1.29 is 5.11 Å². The lowest BCUT2D eigenvalue weighted by molar-refractivity contribution is 0.481. The molecular formula is C15H12O. The van der Waals surface area contributed by atoms with E-state index >= 15 is 0 Å². The van der Waals surface area contributed by atoms with Crippen LogP contribution >= 0.6 is 0 Å². The Morgan fingerprint density at radius 2 is 1.44 bits per heavy atom. The van der Waals surface area contributed by atoms with Gasteiger partial charge in [-0.15, -0.1) is 0 Å². The fourth-order valence-electron chi connectivity index (χ4n) is 2.16. The number of benzene rings is 3. The first-order chi connectivity index (χ1) is 7.75. The third-order valence-corrected chi connectivity index (χ3v) is 3.08. The van der Waals surface area contributed by atoms with Gasteiger partial charge in [-0.25, -0.2) is 0 Å². The van der Waals surface area contributed by atoms with Gasteiger partial charge < -0.3 is 5.11 Å². The average molecular weight is 208 g/mol. The molecule has 1 N–H and O–H groups in total. The Kier molecular flexibility index (Phi) is 1.87. The van der Waals surface area contributed by atoms with Crippen molar-refractivity contribution in [2.24, 2.45) is 0 Å². The summed E-state index contributed by atoms with van der Waals surface area (Å²) in [5.41, 5.74) is 1.19. The van der Waals surface area contributed by atoms with E-state index in [9.17, 15) is 5.11 Å². The highest BCUT2D eigenvalue weighted by Gasteiger charge is 2.04. The molecular weight excluding hydrogens is 196 g/mol. The van der Waals surface area contributed by atoms with Crippen LogP contribution in [-0.2, 0) is 0 Å². The summed E-state index contributed by atoms with van der Waals surface area (Å²) in [4.78, 5) is 0. The van der Waals surface area contributed by atoms with E-state index in [0.717, 1.165) is 16.2 Å². The molecule has 0 bridgehead atoms. The van der Waals surface area contributed by atoms with Gasteiger partial charge in [-0.2, -0.15) is 0 Å². The summed E-state index contributed by atoms with van der Waals surface area (Å²) in [6.45, 7) is 2.07. The van der Waals surface area contributed by atoms with Gasteiger partial charge >= 0.3 is 0 Å². The first-order valence-corrected chi connectivity index (χ1v) is 5.37. The van der Waals surface area contributed by atoms with E-state index in [2.05, 4.69) is 25.1 Å². The number of phenols is 1. The van der Waals surface area contributed by atoms with E-state index < -0.39 is 0 Å². The van der Waals surface area contributed by atoms with Gasteiger partial charge in [0.25, 0.3) is 0 Å². The van der Waals surface area contributed by atoms with Crippen LogP contribution in [0.3, 0.4) is 0 Å². The molecule has 0 heterocycles. The van der Waals surface area contributed by atoms with Crippen LogP contribution in [0.2, 0.25) is 0 Å². The highest BCUT2D eigenvalue weighted by molar-refractivity contribution is 6.02. The first-order valence-electron chi connectivity index (χ1n) is 5.37. The lowest BCUT2D eigenvalue weighted by Crippen LogP contribution is -1.81. The molecule has 0 aliphatic carbocycles. The largest absolute Gasteiger partial charge is 0.507 e. The van der Waals surface area contributed by atoms with Gasteiger partial charge in [0.1, 0.15) is 5.75 Å². The Labute approximate surface area is 94.0 Å². The van der Waals surface area contributed by atoms with Crippen LogP contribution in [-0.4, -0.2) is 5.11 Å². The molecule has 0 aliphatic rings. The van der Waals surface area contributed by atoms with Gasteiger partial charge in [0, 0.05) is 5.39 Å². The van der Waals surface area contributed by atoms with Crippen LogP contribution in [0.25, 0.3) is 21.5 Å². The second kappa shape index (κ2) is 3.24. The normalized spacial score (nSPS) is 11.1. The van der Waals surface area contributed by atoms with Crippen molar-refractivity contribution in [3.05, 3.63) is 54.1 Å². The van der Waals surface area contributed by atoms with Crippen molar-refractivity contribution in [2.45, 2.75) is 6.92 Å². The standard InChI is InChI=1S/C15H12O/c1-10-6-7-15(16)14-9-12-5-3-2-4-11(12)8-13(10)14/h2-9,16H,1H3. The molecule has 0 aliphatic heterocycles. The monoisotopic (exact) mass is 208 g/mol. The fourth-order valence-corrected chi connectivity index (χ4v) is 2.16. The highest BCUT2D eigenvalue weighted by Crippen LogP contribution is 2.31. The predicted octanol–water partition coefficient (Wildman–Crippen LogP) is 4.01. The molecule has 0 spiro atoms. The summed E-state index contributed by atoms with van der Waals surface area (Å²) >= 11 is 0. The van der Waals surface area contributed by atoms with Crippen LogP contribution in [0.15, 0.2) is 48.5 Å². The van der Waals surface area contributed by atoms with Crippen LogP contribution in [0, 0.1) is 6.92 Å². The number of aromatic hydroxyl groups is 1. The van der Waals surface area contributed by atoms with Gasteiger partial charge in [-0.1, -0.05) is 30.3 Å². The zero-order valence-corrected chi connectivity index (χ0v) is 9.07. The van der Waals surface area contributed by atoms with E-state index in [1.54, 1.807) is 6.07 Å². The number of hydrogen-bond acceptors (Lipinski definition) is 1. The lowest BCUT2D eigenvalue weighted by Gasteiger charge is -2.06. The van der Waals surface area contributed by atoms with Crippen molar-refractivity contribution in [1.82, 2.24) is 0 Å². The molecule has 0 aromatic heterocycles. The average Bonchev–Trinajstić information content (AvgIpc) is 2.32. The molecule has 1 nitrogen and oxygen atoms in total. The second-order valence-electron chi connectivity index (χ2n) is 4.15. The molecule has 0 saturated carbocycles. The van der Waals surface area contributed by atoms with Gasteiger partial charge in [-0.05, 0) is 46.8 Å². The molecule has 1 heteroatoms. The Bertz CT molecular complexity index is 623. The summed E-state index contributed by atoms with van der Waals surface area (Å²) in [6.07, 6.45) is 0. The molecule has 0 fully saturated rings. The van der Waals surface area contributed by atoms with Crippen molar-refractivity contribution in [2.75, 3.05) is 0 Å². The van der Waals surface area contributed by atoms with Crippen LogP contribution in [0.4, 0.5) is 0 Å². The predicted molar refractivity (Wildman–Crippen MR) is 67.9 cm³/mol. The molecule has 3 aromatic rings. The summed E-state index contributed by atoms with van der Waals surface area (Å²) in [5, 5.41) is 14.3. The van der Waals surface area contributed by atoms with Gasteiger partial charge in [0.05, 0.1) is 0 Å². The minimum Gasteiger partial charge on any atom is -0.507 e. The zero-order valence-electron chi connectivity index (χ0n) is 9.07. The Morgan fingerprint density at radius 3 is 2.12 bits per heavy atom. The summed E-state index contributed by atoms with van der Waals surface area (Å²) in [7, 11) is 0. The van der Waals surface area contributed by atoms with Crippen LogP contribution in [0.5, 0.6) is 5.75 Å². The number of fused-ring (bicyclic) bond motifs is 2. The smallest absolute Gasteiger partial charge is 0.123 e. The SMILES string of the molecule is Cc1ccc(O)c2cc3ccccc3cc12. The Balaban J connectivity index is 2.56. The Hall–Kier alpha value is -2.02. The molecule has 78 valence electrons. The quantitative estimate of drug-likeness (QED) is 0.553. The first kappa shape index (κ1) is 9.22. The van der Waals surface area contributed by atoms with Crippen molar-refractivity contribution >= 4 is 21.5 Å². The molecule has 0 saturated heterocycles. The summed E-state index contributed by atoms with van der Waals surface area (Å²) in [6, 6.07) is 16.1. The Morgan fingerprint density at radius 1 is 0.812 bits per heavy atom. The van der Waals surface area contributed by atoms with Crippen LogP contribution < -0.4 is 0 Å². The van der Waals surface area contributed by atoms with Gasteiger partial charge in [0.2, 0.25) is 0 Å².